The minimum Gasteiger partial charge on any atom is -0.467 e. The van der Waals surface area contributed by atoms with Crippen LogP contribution in [0.15, 0.2) is 64.7 Å². The van der Waals surface area contributed by atoms with Gasteiger partial charge < -0.3 is 9.73 Å². The Morgan fingerprint density at radius 3 is 2.78 bits per heavy atom. The molecule has 0 atom stereocenters. The van der Waals surface area contributed by atoms with Crippen molar-refractivity contribution in [2.24, 2.45) is 0 Å². The molecule has 0 aliphatic rings. The molecule has 3 nitrogen and oxygen atoms in total. The van der Waals surface area contributed by atoms with E-state index in [9.17, 15) is 4.39 Å². The summed E-state index contributed by atoms with van der Waals surface area (Å²) in [7, 11) is 0. The number of halogens is 1. The van der Waals surface area contributed by atoms with Crippen molar-refractivity contribution in [3.05, 3.63) is 71.9 Å². The van der Waals surface area contributed by atoms with Crippen LogP contribution in [0.2, 0.25) is 0 Å². The van der Waals surface area contributed by atoms with E-state index < -0.39 is 0 Å². The van der Waals surface area contributed by atoms with Gasteiger partial charge in [-0.05, 0) is 41.3 Å². The third-order valence-electron chi connectivity index (χ3n) is 3.65. The highest BCUT2D eigenvalue weighted by Crippen LogP contribution is 2.37. The predicted octanol–water partition coefficient (Wildman–Crippen LogP) is 5.31. The lowest BCUT2D eigenvalue weighted by Crippen LogP contribution is -2.00. The Kier molecular flexibility index (Phi) is 3.55. The van der Waals surface area contributed by atoms with Crippen molar-refractivity contribution in [1.82, 2.24) is 4.98 Å². The van der Waals surface area contributed by atoms with Gasteiger partial charge in [-0.1, -0.05) is 12.1 Å². The highest BCUT2D eigenvalue weighted by Gasteiger charge is 2.12. The lowest BCUT2D eigenvalue weighted by molar-refractivity contribution is 0.518. The smallest absolute Gasteiger partial charge is 0.135 e. The van der Waals surface area contributed by atoms with Gasteiger partial charge in [-0.2, -0.15) is 0 Å². The number of anilines is 1. The molecule has 0 saturated heterocycles. The van der Waals surface area contributed by atoms with Crippen LogP contribution in [0.25, 0.3) is 21.2 Å². The van der Waals surface area contributed by atoms with Crippen LogP contribution in [0.5, 0.6) is 0 Å². The monoisotopic (exact) mass is 324 g/mol. The van der Waals surface area contributed by atoms with Gasteiger partial charge in [-0.25, -0.2) is 9.37 Å². The molecule has 3 aromatic heterocycles. The molecule has 0 unspecified atom stereocenters. The first-order valence-corrected chi connectivity index (χ1v) is 8.07. The highest BCUT2D eigenvalue weighted by molar-refractivity contribution is 7.17. The number of aromatic nitrogens is 1. The Hall–Kier alpha value is -2.66. The number of hydrogen-bond acceptors (Lipinski definition) is 4. The molecule has 0 spiro atoms. The van der Waals surface area contributed by atoms with Gasteiger partial charge in [-0.15, -0.1) is 11.3 Å². The number of nitrogens with one attached hydrogen (secondary N) is 1. The summed E-state index contributed by atoms with van der Waals surface area (Å²) in [5.41, 5.74) is 2.03. The van der Waals surface area contributed by atoms with E-state index in [0.29, 0.717) is 6.54 Å². The van der Waals surface area contributed by atoms with Crippen molar-refractivity contribution in [1.29, 1.82) is 0 Å². The number of rotatable bonds is 4. The first kappa shape index (κ1) is 14.0. The minimum atomic E-state index is -0.234. The molecule has 5 heteroatoms. The molecule has 4 rings (SSSR count). The van der Waals surface area contributed by atoms with E-state index in [1.807, 2.05) is 18.2 Å². The van der Waals surface area contributed by atoms with Crippen molar-refractivity contribution in [3.63, 3.8) is 0 Å². The predicted molar refractivity (Wildman–Crippen MR) is 91.0 cm³/mol. The number of benzene rings is 1. The zero-order valence-corrected chi connectivity index (χ0v) is 12.9. The number of nitrogens with zero attached hydrogens (tertiary/aromatic N) is 1. The molecule has 0 bridgehead atoms. The summed E-state index contributed by atoms with van der Waals surface area (Å²) in [6, 6.07) is 12.3. The van der Waals surface area contributed by atoms with Gasteiger partial charge >= 0.3 is 0 Å². The molecule has 114 valence electrons. The third-order valence-corrected chi connectivity index (χ3v) is 4.60. The van der Waals surface area contributed by atoms with Crippen LogP contribution in [-0.2, 0) is 6.54 Å². The molecule has 0 aliphatic heterocycles. The number of thiophene rings is 1. The van der Waals surface area contributed by atoms with E-state index in [2.05, 4.69) is 15.7 Å². The van der Waals surface area contributed by atoms with Crippen molar-refractivity contribution >= 4 is 27.2 Å². The molecular formula is C18H13FN2OS. The van der Waals surface area contributed by atoms with E-state index in [1.54, 1.807) is 35.9 Å². The fourth-order valence-electron chi connectivity index (χ4n) is 2.54. The average Bonchev–Trinajstić information content (AvgIpc) is 3.23. The number of furan rings is 1. The van der Waals surface area contributed by atoms with Crippen LogP contribution < -0.4 is 5.32 Å². The summed E-state index contributed by atoms with van der Waals surface area (Å²) < 4.78 is 19.7. The van der Waals surface area contributed by atoms with Gasteiger partial charge in [0.15, 0.2) is 0 Å². The van der Waals surface area contributed by atoms with E-state index in [4.69, 9.17) is 4.42 Å². The molecule has 23 heavy (non-hydrogen) atoms. The lowest BCUT2D eigenvalue weighted by Gasteiger charge is -2.07. The van der Waals surface area contributed by atoms with Crippen molar-refractivity contribution < 1.29 is 8.81 Å². The second-order valence-electron chi connectivity index (χ2n) is 5.12. The van der Waals surface area contributed by atoms with E-state index in [0.717, 1.165) is 32.8 Å². The second kappa shape index (κ2) is 5.85. The SMILES string of the molecule is Fc1ccc(-c2csc3ccnc(NCc4ccco4)c23)cc1. The normalized spacial score (nSPS) is 11.0. The van der Waals surface area contributed by atoms with Crippen LogP contribution in [-0.4, -0.2) is 4.98 Å². The third kappa shape index (κ3) is 2.71. The maximum atomic E-state index is 13.2. The van der Waals surface area contributed by atoms with Gasteiger partial charge in [-0.3, -0.25) is 0 Å². The van der Waals surface area contributed by atoms with Crippen LogP contribution in [0, 0.1) is 5.82 Å². The first-order valence-electron chi connectivity index (χ1n) is 7.19. The van der Waals surface area contributed by atoms with Crippen molar-refractivity contribution in [2.45, 2.75) is 6.54 Å². The molecule has 1 aromatic carbocycles. The van der Waals surface area contributed by atoms with Gasteiger partial charge in [0, 0.05) is 21.8 Å². The van der Waals surface area contributed by atoms with Crippen LogP contribution >= 0.6 is 11.3 Å². The molecule has 1 N–H and O–H groups in total. The number of fused-ring (bicyclic) bond motifs is 1. The standard InChI is InChI=1S/C18H13FN2OS/c19-13-5-3-12(4-6-13)15-11-23-16-7-8-20-18(17(15)16)21-10-14-2-1-9-22-14/h1-9,11H,10H2,(H,20,21). The topological polar surface area (TPSA) is 38.1 Å². The van der Waals surface area contributed by atoms with Gasteiger partial charge in [0.25, 0.3) is 0 Å². The number of hydrogen-bond donors (Lipinski definition) is 1. The summed E-state index contributed by atoms with van der Waals surface area (Å²) in [4.78, 5) is 4.46. The zero-order chi connectivity index (χ0) is 15.6. The Balaban J connectivity index is 1.75. The largest absolute Gasteiger partial charge is 0.467 e. The molecule has 0 aliphatic carbocycles. The Bertz CT molecular complexity index is 929. The highest BCUT2D eigenvalue weighted by atomic mass is 32.1. The van der Waals surface area contributed by atoms with Gasteiger partial charge in [0.1, 0.15) is 17.4 Å². The number of pyridine rings is 1. The molecular weight excluding hydrogens is 311 g/mol. The Morgan fingerprint density at radius 2 is 2.00 bits per heavy atom. The van der Waals surface area contributed by atoms with E-state index in [1.165, 1.54) is 12.1 Å². The quantitative estimate of drug-likeness (QED) is 0.553. The lowest BCUT2D eigenvalue weighted by atomic mass is 10.1. The van der Waals surface area contributed by atoms with E-state index in [-0.39, 0.29) is 5.82 Å². The summed E-state index contributed by atoms with van der Waals surface area (Å²) in [5, 5.41) is 6.46. The van der Waals surface area contributed by atoms with Gasteiger partial charge in [0.2, 0.25) is 0 Å². The summed E-state index contributed by atoms with van der Waals surface area (Å²) >= 11 is 1.65. The summed E-state index contributed by atoms with van der Waals surface area (Å²) in [6.45, 7) is 0.567. The second-order valence-corrected chi connectivity index (χ2v) is 6.03. The summed E-state index contributed by atoms with van der Waals surface area (Å²) in [5.74, 6) is 1.42. The van der Waals surface area contributed by atoms with Gasteiger partial charge in [0.05, 0.1) is 12.8 Å². The molecule has 0 fully saturated rings. The van der Waals surface area contributed by atoms with Crippen LogP contribution in [0.1, 0.15) is 5.76 Å². The fraction of sp³-hybridized carbons (Fsp3) is 0.0556. The zero-order valence-electron chi connectivity index (χ0n) is 12.1. The first-order chi connectivity index (χ1) is 11.3. The fourth-order valence-corrected chi connectivity index (χ4v) is 3.51. The maximum absolute atomic E-state index is 13.2. The molecule has 4 aromatic rings. The van der Waals surface area contributed by atoms with Crippen LogP contribution in [0.4, 0.5) is 10.2 Å². The maximum Gasteiger partial charge on any atom is 0.135 e. The molecule has 0 amide bonds. The molecule has 3 heterocycles. The van der Waals surface area contributed by atoms with Crippen molar-refractivity contribution in [3.8, 4) is 11.1 Å². The summed E-state index contributed by atoms with van der Waals surface area (Å²) in [6.07, 6.45) is 3.44. The Labute approximate surface area is 136 Å². The molecule has 0 radical (unpaired) electrons. The average molecular weight is 324 g/mol. The van der Waals surface area contributed by atoms with E-state index >= 15 is 0 Å². The minimum absolute atomic E-state index is 0.234. The Morgan fingerprint density at radius 1 is 1.13 bits per heavy atom. The van der Waals surface area contributed by atoms with Crippen LogP contribution in [0.3, 0.4) is 0 Å². The van der Waals surface area contributed by atoms with Crippen molar-refractivity contribution in [2.75, 3.05) is 5.32 Å². The molecule has 0 saturated carbocycles.